The van der Waals surface area contributed by atoms with Crippen LogP contribution < -0.4 is 5.32 Å². The molecule has 4 nitrogen and oxygen atoms in total. The Morgan fingerprint density at radius 1 is 0.706 bits per heavy atom. The first-order chi connectivity index (χ1) is 8.07. The minimum atomic E-state index is 1.03. The van der Waals surface area contributed by atoms with Crippen LogP contribution >= 0.6 is 0 Å². The Morgan fingerprint density at radius 2 is 1.12 bits per heavy atom. The number of nitrogens with one attached hydrogen (secondary N) is 1. The van der Waals surface area contributed by atoms with Gasteiger partial charge in [0.2, 0.25) is 0 Å². The van der Waals surface area contributed by atoms with E-state index in [-0.39, 0.29) is 0 Å². The van der Waals surface area contributed by atoms with Gasteiger partial charge < -0.3 is 10.2 Å². The van der Waals surface area contributed by atoms with Crippen molar-refractivity contribution in [1.29, 1.82) is 0 Å². The molecular formula is C13H36N4. The zero-order chi connectivity index (χ0) is 14.3. The first kappa shape index (κ1) is 22.1. The van der Waals surface area contributed by atoms with Crippen molar-refractivity contribution in [3.8, 4) is 0 Å². The molecule has 0 aliphatic heterocycles. The van der Waals surface area contributed by atoms with Crippen molar-refractivity contribution >= 4 is 0 Å². The summed E-state index contributed by atoms with van der Waals surface area (Å²) in [5, 5.41) is 7.62. The van der Waals surface area contributed by atoms with Gasteiger partial charge in [-0.15, -0.1) is 0 Å². The smallest absolute Gasteiger partial charge is 0.0257 e. The zero-order valence-electron chi connectivity index (χ0n) is 13.7. The zero-order valence-corrected chi connectivity index (χ0v) is 13.7. The summed E-state index contributed by atoms with van der Waals surface area (Å²) < 4.78 is 0. The lowest BCUT2D eigenvalue weighted by Gasteiger charge is -2.29. The molecule has 17 heavy (non-hydrogen) atoms. The standard InChI is InChI=1S/C9H24N4.2C2H6/c1-10-6-7-12(4)13(5)9-8-11(2)3;2*1-2/h10H,6-9H2,1-5H3;2*1-2H3. The fourth-order valence-electron chi connectivity index (χ4n) is 0.960. The number of rotatable bonds is 7. The monoisotopic (exact) mass is 248 g/mol. The van der Waals surface area contributed by atoms with E-state index in [4.69, 9.17) is 0 Å². The van der Waals surface area contributed by atoms with Crippen LogP contribution in [0.5, 0.6) is 0 Å². The Bertz CT molecular complexity index is 118. The number of hydrogen-bond donors (Lipinski definition) is 1. The Hall–Kier alpha value is -0.160. The third-order valence-electron chi connectivity index (χ3n) is 2.14. The molecule has 0 aromatic carbocycles. The Balaban J connectivity index is -0.000000439. The predicted molar refractivity (Wildman–Crippen MR) is 80.4 cm³/mol. The molecule has 0 atom stereocenters. The third kappa shape index (κ3) is 18.4. The molecule has 0 bridgehead atoms. The summed E-state index contributed by atoms with van der Waals surface area (Å²) in [6.07, 6.45) is 0. The van der Waals surface area contributed by atoms with E-state index in [2.05, 4.69) is 48.4 Å². The highest BCUT2D eigenvalue weighted by atomic mass is 15.6. The fourth-order valence-corrected chi connectivity index (χ4v) is 0.960. The summed E-state index contributed by atoms with van der Waals surface area (Å²) in [5.41, 5.74) is 0. The van der Waals surface area contributed by atoms with Crippen molar-refractivity contribution in [2.75, 3.05) is 61.4 Å². The number of hydrogen-bond acceptors (Lipinski definition) is 4. The molecule has 0 fully saturated rings. The van der Waals surface area contributed by atoms with E-state index in [9.17, 15) is 0 Å². The Morgan fingerprint density at radius 3 is 1.47 bits per heavy atom. The predicted octanol–water partition coefficient (Wildman–Crippen LogP) is 1.60. The van der Waals surface area contributed by atoms with Gasteiger partial charge in [0.05, 0.1) is 0 Å². The summed E-state index contributed by atoms with van der Waals surface area (Å²) in [7, 11) is 10.4. The molecule has 0 spiro atoms. The van der Waals surface area contributed by atoms with Gasteiger partial charge in [0, 0.05) is 40.3 Å². The first-order valence-corrected chi connectivity index (χ1v) is 6.79. The summed E-state index contributed by atoms with van der Waals surface area (Å²) in [5.74, 6) is 0. The lowest BCUT2D eigenvalue weighted by Crippen LogP contribution is -2.43. The van der Waals surface area contributed by atoms with E-state index < -0.39 is 0 Å². The second-order valence-electron chi connectivity index (χ2n) is 3.67. The van der Waals surface area contributed by atoms with Gasteiger partial charge in [-0.3, -0.25) is 0 Å². The van der Waals surface area contributed by atoms with Gasteiger partial charge in [0.25, 0.3) is 0 Å². The van der Waals surface area contributed by atoms with Gasteiger partial charge in [-0.25, -0.2) is 10.0 Å². The van der Waals surface area contributed by atoms with Crippen LogP contribution in [-0.4, -0.2) is 76.3 Å². The Labute approximate surface area is 110 Å². The second-order valence-corrected chi connectivity index (χ2v) is 3.67. The average Bonchev–Trinajstić information content (AvgIpc) is 2.37. The molecular weight excluding hydrogens is 212 g/mol. The highest BCUT2D eigenvalue weighted by molar-refractivity contribution is 4.53. The molecule has 0 radical (unpaired) electrons. The number of likely N-dealkylation sites (N-methyl/N-ethyl adjacent to an activating group) is 4. The van der Waals surface area contributed by atoms with E-state index in [1.165, 1.54) is 0 Å². The van der Waals surface area contributed by atoms with Crippen molar-refractivity contribution in [2.45, 2.75) is 27.7 Å². The van der Waals surface area contributed by atoms with E-state index in [1.54, 1.807) is 0 Å². The van der Waals surface area contributed by atoms with E-state index in [0.717, 1.165) is 26.2 Å². The van der Waals surface area contributed by atoms with E-state index in [0.29, 0.717) is 0 Å². The maximum atomic E-state index is 3.14. The SMILES string of the molecule is CC.CC.CNCCN(C)N(C)CCN(C)C. The summed E-state index contributed by atoms with van der Waals surface area (Å²) in [6.45, 7) is 12.3. The average molecular weight is 248 g/mol. The first-order valence-electron chi connectivity index (χ1n) is 6.79. The van der Waals surface area contributed by atoms with E-state index >= 15 is 0 Å². The maximum absolute atomic E-state index is 3.14. The second kappa shape index (κ2) is 18.2. The van der Waals surface area contributed by atoms with Gasteiger partial charge in [-0.2, -0.15) is 0 Å². The Kier molecular flexibility index (Phi) is 23.6. The molecule has 1 N–H and O–H groups in total. The van der Waals surface area contributed by atoms with Gasteiger partial charge in [0.15, 0.2) is 0 Å². The quantitative estimate of drug-likeness (QED) is 0.691. The fraction of sp³-hybridized carbons (Fsp3) is 1.00. The highest BCUT2D eigenvalue weighted by Gasteiger charge is 2.04. The number of hydrazine groups is 1. The van der Waals surface area contributed by atoms with Crippen molar-refractivity contribution in [1.82, 2.24) is 20.2 Å². The minimum absolute atomic E-state index is 1.03. The topological polar surface area (TPSA) is 21.8 Å². The number of nitrogens with zero attached hydrogens (tertiary/aromatic N) is 3. The van der Waals surface area contributed by atoms with Crippen molar-refractivity contribution in [2.24, 2.45) is 0 Å². The largest absolute Gasteiger partial charge is 0.318 e. The molecule has 0 saturated heterocycles. The molecule has 0 aliphatic rings. The molecule has 0 amide bonds. The molecule has 0 aromatic heterocycles. The van der Waals surface area contributed by atoms with Crippen molar-refractivity contribution in [3.05, 3.63) is 0 Å². The molecule has 0 heterocycles. The minimum Gasteiger partial charge on any atom is -0.318 e. The summed E-state index contributed by atoms with van der Waals surface area (Å²) in [6, 6.07) is 0. The highest BCUT2D eigenvalue weighted by Crippen LogP contribution is 1.89. The van der Waals surface area contributed by atoms with Crippen LogP contribution in [0.1, 0.15) is 27.7 Å². The van der Waals surface area contributed by atoms with E-state index in [1.807, 2.05) is 34.7 Å². The molecule has 0 aromatic rings. The maximum Gasteiger partial charge on any atom is 0.0257 e. The molecule has 4 heteroatoms. The van der Waals surface area contributed by atoms with Crippen LogP contribution in [0.25, 0.3) is 0 Å². The van der Waals surface area contributed by atoms with Crippen LogP contribution in [-0.2, 0) is 0 Å². The lowest BCUT2D eigenvalue weighted by molar-refractivity contribution is 0.0238. The van der Waals surface area contributed by atoms with Gasteiger partial charge >= 0.3 is 0 Å². The third-order valence-corrected chi connectivity index (χ3v) is 2.14. The van der Waals surface area contributed by atoms with Crippen LogP contribution in [0.15, 0.2) is 0 Å². The van der Waals surface area contributed by atoms with Crippen LogP contribution in [0, 0.1) is 0 Å². The molecule has 0 aliphatic carbocycles. The van der Waals surface area contributed by atoms with Gasteiger partial charge in [0.1, 0.15) is 0 Å². The summed E-state index contributed by atoms with van der Waals surface area (Å²) >= 11 is 0. The normalized spacial score (nSPS) is 9.88. The van der Waals surface area contributed by atoms with Crippen LogP contribution in [0.4, 0.5) is 0 Å². The molecule has 108 valence electrons. The van der Waals surface area contributed by atoms with Gasteiger partial charge in [-0.1, -0.05) is 27.7 Å². The van der Waals surface area contributed by atoms with Crippen molar-refractivity contribution < 1.29 is 0 Å². The molecule has 0 rings (SSSR count). The van der Waals surface area contributed by atoms with Crippen LogP contribution in [0.3, 0.4) is 0 Å². The van der Waals surface area contributed by atoms with Crippen molar-refractivity contribution in [3.63, 3.8) is 0 Å². The van der Waals surface area contributed by atoms with Crippen LogP contribution in [0.2, 0.25) is 0 Å². The van der Waals surface area contributed by atoms with Gasteiger partial charge in [-0.05, 0) is 21.1 Å². The lowest BCUT2D eigenvalue weighted by atomic mass is 10.5. The molecule has 0 unspecified atom stereocenters. The summed E-state index contributed by atoms with van der Waals surface area (Å²) in [4.78, 5) is 2.20. The molecule has 0 saturated carbocycles.